The molecule has 0 aliphatic rings. The molecule has 0 amide bonds. The van der Waals surface area contributed by atoms with Crippen LogP contribution in [0.3, 0.4) is 0 Å². The molecule has 0 bridgehead atoms. The molecule has 0 aliphatic carbocycles. The zero-order valence-corrected chi connectivity index (χ0v) is 10.2. The van der Waals surface area contributed by atoms with Crippen LogP contribution in [0, 0.1) is 15.9 Å². The molecule has 0 spiro atoms. The number of halogens is 1. The highest BCUT2D eigenvalue weighted by molar-refractivity contribution is 5.61. The Kier molecular flexibility index (Phi) is 3.69. The highest BCUT2D eigenvalue weighted by atomic mass is 19.1. The lowest BCUT2D eigenvalue weighted by Crippen LogP contribution is -2.10. The molecular weight excluding hydrogens is 253 g/mol. The summed E-state index contributed by atoms with van der Waals surface area (Å²) in [6.45, 7) is 0.400. The summed E-state index contributed by atoms with van der Waals surface area (Å²) >= 11 is 0. The number of nitro groups is 1. The fourth-order valence-corrected chi connectivity index (χ4v) is 1.69. The van der Waals surface area contributed by atoms with E-state index in [-0.39, 0.29) is 5.69 Å². The summed E-state index contributed by atoms with van der Waals surface area (Å²) in [4.78, 5) is 10.1. The van der Waals surface area contributed by atoms with E-state index < -0.39 is 16.4 Å². The summed E-state index contributed by atoms with van der Waals surface area (Å²) in [5.41, 5.74) is -0.382. The van der Waals surface area contributed by atoms with Gasteiger partial charge < -0.3 is 9.88 Å². The summed E-state index contributed by atoms with van der Waals surface area (Å²) < 4.78 is 15.1. The molecule has 0 aliphatic heterocycles. The smallest absolute Gasteiger partial charge is 0.327 e. The number of rotatable bonds is 5. The van der Waals surface area contributed by atoms with Crippen molar-refractivity contribution >= 4 is 11.4 Å². The number of nitro benzene ring substituents is 1. The molecule has 1 aromatic heterocycles. The van der Waals surface area contributed by atoms with Gasteiger partial charge in [0.1, 0.15) is 17.8 Å². The van der Waals surface area contributed by atoms with Crippen LogP contribution in [-0.2, 0) is 13.5 Å². The van der Waals surface area contributed by atoms with Crippen molar-refractivity contribution in [3.8, 4) is 0 Å². The van der Waals surface area contributed by atoms with Crippen molar-refractivity contribution in [1.29, 1.82) is 0 Å². The van der Waals surface area contributed by atoms with Crippen molar-refractivity contribution in [3.63, 3.8) is 0 Å². The quantitative estimate of drug-likeness (QED) is 0.654. The van der Waals surface area contributed by atoms with Crippen molar-refractivity contribution in [1.82, 2.24) is 14.8 Å². The zero-order chi connectivity index (χ0) is 13.8. The highest BCUT2D eigenvalue weighted by Crippen LogP contribution is 2.26. The van der Waals surface area contributed by atoms with Crippen LogP contribution in [0.2, 0.25) is 0 Å². The van der Waals surface area contributed by atoms with E-state index in [0.717, 1.165) is 11.9 Å². The molecule has 0 saturated heterocycles. The average Bonchev–Trinajstić information content (AvgIpc) is 2.75. The molecule has 0 fully saturated rings. The van der Waals surface area contributed by atoms with Crippen molar-refractivity contribution in [2.24, 2.45) is 7.05 Å². The summed E-state index contributed by atoms with van der Waals surface area (Å²) in [6.07, 6.45) is 2.10. The number of hydrogen-bond acceptors (Lipinski definition) is 5. The lowest BCUT2D eigenvalue weighted by Gasteiger charge is -2.07. The van der Waals surface area contributed by atoms with Gasteiger partial charge in [0.15, 0.2) is 0 Å². The predicted molar refractivity (Wildman–Crippen MR) is 66.3 cm³/mol. The minimum atomic E-state index is -0.853. The molecule has 1 N–H and O–H groups in total. The maximum atomic E-state index is 13.4. The first-order valence-electron chi connectivity index (χ1n) is 5.59. The third-order valence-corrected chi connectivity index (χ3v) is 2.64. The van der Waals surface area contributed by atoms with Crippen LogP contribution in [0.25, 0.3) is 0 Å². The molecule has 0 unspecified atom stereocenters. The maximum absolute atomic E-state index is 13.4. The molecule has 0 radical (unpaired) electrons. The lowest BCUT2D eigenvalue weighted by molar-refractivity contribution is -0.386. The second-order valence-electron chi connectivity index (χ2n) is 3.93. The summed E-state index contributed by atoms with van der Waals surface area (Å²) in [5.74, 6) is -0.111. The first kappa shape index (κ1) is 12.9. The van der Waals surface area contributed by atoms with Gasteiger partial charge in [-0.25, -0.2) is 0 Å². The molecule has 19 heavy (non-hydrogen) atoms. The largest absolute Gasteiger partial charge is 0.379 e. The summed E-state index contributed by atoms with van der Waals surface area (Å²) in [6, 6.07) is 3.96. The molecular formula is C11H12FN5O2. The summed E-state index contributed by atoms with van der Waals surface area (Å²) in [7, 11) is 1.81. The van der Waals surface area contributed by atoms with E-state index >= 15 is 0 Å². The van der Waals surface area contributed by atoms with Gasteiger partial charge in [-0.3, -0.25) is 10.1 Å². The van der Waals surface area contributed by atoms with Crippen molar-refractivity contribution in [2.45, 2.75) is 6.42 Å². The molecule has 100 valence electrons. The summed E-state index contributed by atoms with van der Waals surface area (Å²) in [5, 5.41) is 21.2. The van der Waals surface area contributed by atoms with Crippen molar-refractivity contribution in [2.75, 3.05) is 11.9 Å². The van der Waals surface area contributed by atoms with Crippen molar-refractivity contribution in [3.05, 3.63) is 46.3 Å². The fraction of sp³-hybridized carbons (Fsp3) is 0.273. The highest BCUT2D eigenvalue weighted by Gasteiger charge is 2.19. The monoisotopic (exact) mass is 265 g/mol. The SMILES string of the molecule is Cn1cnnc1CCNc1cccc(F)c1[N+](=O)[O-]. The minimum Gasteiger partial charge on any atom is -0.379 e. The van der Waals surface area contributed by atoms with Crippen LogP contribution in [0.1, 0.15) is 5.82 Å². The number of nitrogens with zero attached hydrogens (tertiary/aromatic N) is 4. The molecule has 1 aromatic carbocycles. The number of hydrogen-bond donors (Lipinski definition) is 1. The van der Waals surface area contributed by atoms with Crippen LogP contribution in [0.5, 0.6) is 0 Å². The van der Waals surface area contributed by atoms with Crippen LogP contribution in [0.4, 0.5) is 15.8 Å². The second-order valence-corrected chi connectivity index (χ2v) is 3.93. The van der Waals surface area contributed by atoms with Crippen LogP contribution in [-0.4, -0.2) is 26.2 Å². The van der Waals surface area contributed by atoms with Gasteiger partial charge in [-0.1, -0.05) is 6.07 Å². The number of para-hydroxylation sites is 1. The Bertz CT molecular complexity index is 599. The maximum Gasteiger partial charge on any atom is 0.327 e. The minimum absolute atomic E-state index is 0.159. The first-order valence-corrected chi connectivity index (χ1v) is 5.59. The molecule has 0 atom stereocenters. The van der Waals surface area contributed by atoms with E-state index in [4.69, 9.17) is 0 Å². The topological polar surface area (TPSA) is 85.9 Å². The Hall–Kier alpha value is -2.51. The number of nitrogens with one attached hydrogen (secondary N) is 1. The van der Waals surface area contributed by atoms with E-state index in [9.17, 15) is 14.5 Å². The Morgan fingerprint density at radius 1 is 1.53 bits per heavy atom. The number of aromatic nitrogens is 3. The van der Waals surface area contributed by atoms with E-state index in [0.29, 0.717) is 13.0 Å². The first-order chi connectivity index (χ1) is 9.09. The lowest BCUT2D eigenvalue weighted by atomic mass is 10.2. The van der Waals surface area contributed by atoms with Gasteiger partial charge in [0.2, 0.25) is 5.82 Å². The van der Waals surface area contributed by atoms with Gasteiger partial charge in [0, 0.05) is 20.0 Å². The van der Waals surface area contributed by atoms with Gasteiger partial charge in [-0.05, 0) is 12.1 Å². The normalized spacial score (nSPS) is 10.4. The molecule has 1 heterocycles. The van der Waals surface area contributed by atoms with Gasteiger partial charge >= 0.3 is 5.69 Å². The van der Waals surface area contributed by atoms with Gasteiger partial charge in [-0.2, -0.15) is 4.39 Å². The second kappa shape index (κ2) is 5.42. The molecule has 2 rings (SSSR count). The standard InChI is InChI=1S/C11H12FN5O2/c1-16-7-14-15-10(16)5-6-13-9-4-2-3-8(12)11(9)17(18)19/h2-4,7,13H,5-6H2,1H3. The Morgan fingerprint density at radius 2 is 2.32 bits per heavy atom. The Labute approximate surface area is 108 Å². The molecule has 7 nitrogen and oxygen atoms in total. The third-order valence-electron chi connectivity index (χ3n) is 2.64. The Balaban J connectivity index is 2.06. The van der Waals surface area contributed by atoms with E-state index in [2.05, 4.69) is 15.5 Å². The van der Waals surface area contributed by atoms with Gasteiger partial charge in [0.25, 0.3) is 0 Å². The van der Waals surface area contributed by atoms with Crippen LogP contribution >= 0.6 is 0 Å². The van der Waals surface area contributed by atoms with E-state index in [1.165, 1.54) is 12.1 Å². The predicted octanol–water partition coefficient (Wildman–Crippen LogP) is 1.52. The van der Waals surface area contributed by atoms with Gasteiger partial charge in [-0.15, -0.1) is 10.2 Å². The van der Waals surface area contributed by atoms with Crippen LogP contribution in [0.15, 0.2) is 24.5 Å². The number of anilines is 1. The molecule has 8 heteroatoms. The van der Waals surface area contributed by atoms with E-state index in [1.807, 2.05) is 0 Å². The van der Waals surface area contributed by atoms with Crippen molar-refractivity contribution < 1.29 is 9.31 Å². The average molecular weight is 265 g/mol. The number of benzene rings is 1. The Morgan fingerprint density at radius 3 is 2.95 bits per heavy atom. The third kappa shape index (κ3) is 2.84. The fourth-order valence-electron chi connectivity index (χ4n) is 1.69. The van der Waals surface area contributed by atoms with Gasteiger partial charge in [0.05, 0.1) is 4.92 Å². The number of aryl methyl sites for hydroxylation is 1. The van der Waals surface area contributed by atoms with Crippen LogP contribution < -0.4 is 5.32 Å². The zero-order valence-electron chi connectivity index (χ0n) is 10.2. The molecule has 2 aromatic rings. The van der Waals surface area contributed by atoms with E-state index in [1.54, 1.807) is 17.9 Å². The molecule has 0 saturated carbocycles.